The Labute approximate surface area is 122 Å². The second-order valence-electron chi connectivity index (χ2n) is 5.36. The predicted octanol–water partition coefficient (Wildman–Crippen LogP) is 3.10. The Morgan fingerprint density at radius 1 is 1.20 bits per heavy atom. The van der Waals surface area contributed by atoms with Crippen molar-refractivity contribution in [3.63, 3.8) is 0 Å². The van der Waals surface area contributed by atoms with E-state index in [-0.39, 0.29) is 12.1 Å². The van der Waals surface area contributed by atoms with Crippen molar-refractivity contribution in [2.45, 2.75) is 45.3 Å². The van der Waals surface area contributed by atoms with Crippen LogP contribution in [0.15, 0.2) is 24.3 Å². The van der Waals surface area contributed by atoms with Crippen LogP contribution in [0.2, 0.25) is 0 Å². The molecule has 1 aliphatic rings. The number of nitrogens with one attached hydrogen (secondary N) is 1. The number of aryl methyl sites for hydroxylation is 1. The van der Waals surface area contributed by atoms with Crippen LogP contribution in [-0.2, 0) is 15.9 Å². The van der Waals surface area contributed by atoms with E-state index in [1.54, 1.807) is 0 Å². The Morgan fingerprint density at radius 2 is 2.00 bits per heavy atom. The maximum atomic E-state index is 5.85. The average molecular weight is 277 g/mol. The summed E-state index contributed by atoms with van der Waals surface area (Å²) in [6.45, 7) is 7.38. The smallest absolute Gasteiger partial charge is 0.100 e. The molecule has 1 fully saturated rings. The minimum absolute atomic E-state index is 0.116. The second kappa shape index (κ2) is 8.40. The summed E-state index contributed by atoms with van der Waals surface area (Å²) in [5.41, 5.74) is 2.72. The van der Waals surface area contributed by atoms with E-state index in [1.165, 1.54) is 30.4 Å². The number of rotatable bonds is 7. The predicted molar refractivity (Wildman–Crippen MR) is 82.0 cm³/mol. The van der Waals surface area contributed by atoms with Gasteiger partial charge in [-0.15, -0.1) is 0 Å². The molecule has 2 rings (SSSR count). The molecule has 2 atom stereocenters. The SMILES string of the molecule is CCCCc1ccc(C(NCC)C2COCCO2)cc1. The molecule has 0 amide bonds. The fraction of sp³-hybridized carbons (Fsp3) is 0.647. The molecule has 0 saturated carbocycles. The summed E-state index contributed by atoms with van der Waals surface area (Å²) in [5.74, 6) is 0. The quantitative estimate of drug-likeness (QED) is 0.831. The van der Waals surface area contributed by atoms with Crippen molar-refractivity contribution in [2.24, 2.45) is 0 Å². The molecule has 0 bridgehead atoms. The third-order valence-corrected chi connectivity index (χ3v) is 3.80. The highest BCUT2D eigenvalue weighted by Crippen LogP contribution is 2.22. The topological polar surface area (TPSA) is 30.5 Å². The van der Waals surface area contributed by atoms with Gasteiger partial charge in [-0.05, 0) is 30.5 Å². The minimum Gasteiger partial charge on any atom is -0.376 e. The van der Waals surface area contributed by atoms with Crippen LogP contribution >= 0.6 is 0 Å². The molecular formula is C17H27NO2. The van der Waals surface area contributed by atoms with E-state index in [4.69, 9.17) is 9.47 Å². The molecule has 1 N–H and O–H groups in total. The van der Waals surface area contributed by atoms with Gasteiger partial charge in [0, 0.05) is 0 Å². The first-order valence-corrected chi connectivity index (χ1v) is 7.86. The van der Waals surface area contributed by atoms with Crippen LogP contribution in [0.3, 0.4) is 0 Å². The summed E-state index contributed by atoms with van der Waals surface area (Å²) in [6.07, 6.45) is 3.79. The van der Waals surface area contributed by atoms with E-state index in [2.05, 4.69) is 43.4 Å². The lowest BCUT2D eigenvalue weighted by molar-refractivity contribution is -0.102. The van der Waals surface area contributed by atoms with Crippen molar-refractivity contribution in [1.82, 2.24) is 5.32 Å². The first kappa shape index (κ1) is 15.5. The van der Waals surface area contributed by atoms with Gasteiger partial charge in [-0.3, -0.25) is 0 Å². The van der Waals surface area contributed by atoms with Crippen molar-refractivity contribution in [1.29, 1.82) is 0 Å². The van der Waals surface area contributed by atoms with Gasteiger partial charge < -0.3 is 14.8 Å². The van der Waals surface area contributed by atoms with Crippen LogP contribution in [0.4, 0.5) is 0 Å². The highest BCUT2D eigenvalue weighted by Gasteiger charge is 2.25. The van der Waals surface area contributed by atoms with E-state index in [1.807, 2.05) is 0 Å². The molecule has 1 aliphatic heterocycles. The zero-order chi connectivity index (χ0) is 14.2. The summed E-state index contributed by atoms with van der Waals surface area (Å²) >= 11 is 0. The molecule has 112 valence electrons. The number of ether oxygens (including phenoxy) is 2. The zero-order valence-electron chi connectivity index (χ0n) is 12.7. The van der Waals surface area contributed by atoms with Crippen molar-refractivity contribution < 1.29 is 9.47 Å². The molecular weight excluding hydrogens is 250 g/mol. The molecule has 1 saturated heterocycles. The standard InChI is InChI=1S/C17H27NO2/c1-3-5-6-14-7-9-15(10-8-14)17(18-4-2)16-13-19-11-12-20-16/h7-10,16-18H,3-6,11-13H2,1-2H3. The third-order valence-electron chi connectivity index (χ3n) is 3.80. The van der Waals surface area contributed by atoms with Gasteiger partial charge in [0.2, 0.25) is 0 Å². The van der Waals surface area contributed by atoms with Crippen LogP contribution in [0, 0.1) is 0 Å². The highest BCUT2D eigenvalue weighted by molar-refractivity contribution is 5.26. The Morgan fingerprint density at radius 3 is 2.60 bits per heavy atom. The number of hydrogen-bond acceptors (Lipinski definition) is 3. The maximum Gasteiger partial charge on any atom is 0.100 e. The van der Waals surface area contributed by atoms with Gasteiger partial charge >= 0.3 is 0 Å². The van der Waals surface area contributed by atoms with Gasteiger partial charge in [-0.1, -0.05) is 44.5 Å². The van der Waals surface area contributed by atoms with Gasteiger partial charge in [0.05, 0.1) is 25.9 Å². The fourth-order valence-corrected chi connectivity index (χ4v) is 2.65. The van der Waals surface area contributed by atoms with Crippen molar-refractivity contribution >= 4 is 0 Å². The maximum absolute atomic E-state index is 5.85. The molecule has 0 spiro atoms. The molecule has 1 aromatic carbocycles. The van der Waals surface area contributed by atoms with Crippen LogP contribution in [0.5, 0.6) is 0 Å². The Hall–Kier alpha value is -0.900. The third kappa shape index (κ3) is 4.30. The lowest BCUT2D eigenvalue weighted by atomic mass is 9.98. The van der Waals surface area contributed by atoms with Crippen LogP contribution < -0.4 is 5.32 Å². The van der Waals surface area contributed by atoms with Gasteiger partial charge in [0.1, 0.15) is 6.10 Å². The summed E-state index contributed by atoms with van der Waals surface area (Å²) < 4.78 is 11.4. The number of likely N-dealkylation sites (N-methyl/N-ethyl adjacent to an activating group) is 1. The summed E-state index contributed by atoms with van der Waals surface area (Å²) in [6, 6.07) is 9.19. The van der Waals surface area contributed by atoms with E-state index in [9.17, 15) is 0 Å². The first-order valence-electron chi connectivity index (χ1n) is 7.86. The number of hydrogen-bond donors (Lipinski definition) is 1. The van der Waals surface area contributed by atoms with Gasteiger partial charge in [-0.2, -0.15) is 0 Å². The summed E-state index contributed by atoms with van der Waals surface area (Å²) in [5, 5.41) is 3.53. The molecule has 20 heavy (non-hydrogen) atoms. The Balaban J connectivity index is 2.04. The molecule has 0 aliphatic carbocycles. The van der Waals surface area contributed by atoms with E-state index in [0.29, 0.717) is 19.8 Å². The molecule has 0 radical (unpaired) electrons. The van der Waals surface area contributed by atoms with Gasteiger partial charge in [0.25, 0.3) is 0 Å². The van der Waals surface area contributed by atoms with Crippen LogP contribution in [0.25, 0.3) is 0 Å². The van der Waals surface area contributed by atoms with Crippen molar-refractivity contribution in [3.05, 3.63) is 35.4 Å². The Kier molecular flexibility index (Phi) is 6.51. The second-order valence-corrected chi connectivity index (χ2v) is 5.36. The minimum atomic E-state index is 0.116. The summed E-state index contributed by atoms with van der Waals surface area (Å²) in [4.78, 5) is 0. The van der Waals surface area contributed by atoms with Gasteiger partial charge in [0.15, 0.2) is 0 Å². The zero-order valence-corrected chi connectivity index (χ0v) is 12.7. The number of benzene rings is 1. The lowest BCUT2D eigenvalue weighted by Crippen LogP contribution is -2.40. The van der Waals surface area contributed by atoms with E-state index >= 15 is 0 Å². The van der Waals surface area contributed by atoms with Crippen molar-refractivity contribution in [2.75, 3.05) is 26.4 Å². The molecule has 3 heteroatoms. The molecule has 2 unspecified atom stereocenters. The van der Waals surface area contributed by atoms with E-state index in [0.717, 1.165) is 6.54 Å². The van der Waals surface area contributed by atoms with Crippen molar-refractivity contribution in [3.8, 4) is 0 Å². The average Bonchev–Trinajstić information content (AvgIpc) is 2.52. The fourth-order valence-electron chi connectivity index (χ4n) is 2.65. The lowest BCUT2D eigenvalue weighted by Gasteiger charge is -2.31. The van der Waals surface area contributed by atoms with Gasteiger partial charge in [-0.25, -0.2) is 0 Å². The van der Waals surface area contributed by atoms with Crippen LogP contribution in [-0.4, -0.2) is 32.5 Å². The highest BCUT2D eigenvalue weighted by atomic mass is 16.6. The molecule has 3 nitrogen and oxygen atoms in total. The molecule has 1 aromatic rings. The normalized spacial score (nSPS) is 20.8. The monoisotopic (exact) mass is 277 g/mol. The first-order chi connectivity index (χ1) is 9.85. The largest absolute Gasteiger partial charge is 0.376 e. The van der Waals surface area contributed by atoms with Crippen LogP contribution in [0.1, 0.15) is 43.9 Å². The molecule has 0 aromatic heterocycles. The number of unbranched alkanes of at least 4 members (excludes halogenated alkanes) is 1. The van der Waals surface area contributed by atoms with E-state index < -0.39 is 0 Å². The molecule has 1 heterocycles. The Bertz CT molecular complexity index is 371. The summed E-state index contributed by atoms with van der Waals surface area (Å²) in [7, 11) is 0.